The van der Waals surface area contributed by atoms with Crippen LogP contribution in [0, 0.1) is 0 Å². The van der Waals surface area contributed by atoms with Crippen molar-refractivity contribution in [2.24, 2.45) is 0 Å². The number of hydrogen-bond acceptors (Lipinski definition) is 6. The van der Waals surface area contributed by atoms with Crippen LogP contribution >= 0.6 is 11.6 Å². The van der Waals surface area contributed by atoms with Crippen LogP contribution in [0.1, 0.15) is 10.5 Å². The van der Waals surface area contributed by atoms with Gasteiger partial charge in [-0.05, 0) is 48.5 Å². The standard InChI is InChI=1S/C25H16ClN7O3/c26-15-7-9-16(10-8-15)32-21(22-6-3-11-36-22)12-19(31-32)25(35)30-18-4-1-2-5-20(18)33-23-17(13-29-33)24(34)28-14-27-23/h1-14H,(H,30,35)(H,27,28,34). The monoisotopic (exact) mass is 497 g/mol. The molecule has 0 unspecified atom stereocenters. The summed E-state index contributed by atoms with van der Waals surface area (Å²) < 4.78 is 8.69. The van der Waals surface area contributed by atoms with E-state index in [0.29, 0.717) is 44.6 Å². The van der Waals surface area contributed by atoms with Crippen LogP contribution in [0.3, 0.4) is 0 Å². The Balaban J connectivity index is 1.39. The van der Waals surface area contributed by atoms with Crippen LogP contribution in [0.5, 0.6) is 0 Å². The quantitative estimate of drug-likeness (QED) is 0.362. The number of hydrogen-bond donors (Lipinski definition) is 2. The lowest BCUT2D eigenvalue weighted by molar-refractivity contribution is 0.102. The minimum atomic E-state index is -0.440. The molecule has 0 aliphatic heterocycles. The molecule has 0 aliphatic carbocycles. The Labute approximate surface area is 207 Å². The van der Waals surface area contributed by atoms with Crippen molar-refractivity contribution in [3.8, 4) is 22.8 Å². The third-order valence-corrected chi connectivity index (χ3v) is 5.79. The smallest absolute Gasteiger partial charge is 0.276 e. The number of nitrogens with zero attached hydrogens (tertiary/aromatic N) is 5. The molecular formula is C25H16ClN7O3. The van der Waals surface area contributed by atoms with Gasteiger partial charge in [-0.15, -0.1) is 0 Å². The first kappa shape index (κ1) is 21.6. The van der Waals surface area contributed by atoms with Gasteiger partial charge in [0, 0.05) is 11.1 Å². The van der Waals surface area contributed by atoms with Crippen molar-refractivity contribution in [3.05, 3.63) is 107 Å². The van der Waals surface area contributed by atoms with Gasteiger partial charge in [-0.2, -0.15) is 10.2 Å². The van der Waals surface area contributed by atoms with E-state index in [4.69, 9.17) is 16.0 Å². The minimum Gasteiger partial charge on any atom is -0.463 e. The molecule has 0 atom stereocenters. The summed E-state index contributed by atoms with van der Waals surface area (Å²) in [7, 11) is 0. The summed E-state index contributed by atoms with van der Waals surface area (Å²) in [6.07, 6.45) is 4.30. The van der Waals surface area contributed by atoms with Gasteiger partial charge in [0.15, 0.2) is 17.1 Å². The van der Waals surface area contributed by atoms with Gasteiger partial charge < -0.3 is 14.7 Å². The maximum atomic E-state index is 13.3. The summed E-state index contributed by atoms with van der Waals surface area (Å²) in [5.74, 6) is 0.112. The molecule has 6 rings (SSSR count). The third-order valence-electron chi connectivity index (χ3n) is 5.54. The number of H-pyrrole nitrogens is 1. The van der Waals surface area contributed by atoms with Crippen LogP contribution in [0.2, 0.25) is 5.02 Å². The van der Waals surface area contributed by atoms with Crippen molar-refractivity contribution in [1.29, 1.82) is 0 Å². The lowest BCUT2D eigenvalue weighted by Gasteiger charge is -2.10. The molecule has 0 radical (unpaired) electrons. The molecule has 0 fully saturated rings. The molecule has 4 aromatic heterocycles. The van der Waals surface area contributed by atoms with Crippen LogP contribution in [0.15, 0.2) is 94.7 Å². The number of aromatic amines is 1. The largest absolute Gasteiger partial charge is 0.463 e. The predicted octanol–water partition coefficient (Wildman–Crippen LogP) is 4.46. The summed E-state index contributed by atoms with van der Waals surface area (Å²) >= 11 is 6.04. The highest BCUT2D eigenvalue weighted by Gasteiger charge is 2.20. The van der Waals surface area contributed by atoms with Gasteiger partial charge in [-0.3, -0.25) is 9.59 Å². The Morgan fingerprint density at radius 3 is 2.67 bits per heavy atom. The third kappa shape index (κ3) is 3.75. The topological polar surface area (TPSA) is 124 Å². The maximum absolute atomic E-state index is 13.3. The van der Waals surface area contributed by atoms with E-state index < -0.39 is 5.91 Å². The van der Waals surface area contributed by atoms with Crippen molar-refractivity contribution in [2.45, 2.75) is 0 Å². The molecule has 2 aromatic carbocycles. The van der Waals surface area contributed by atoms with Crippen LogP contribution in [0.25, 0.3) is 33.9 Å². The first-order chi connectivity index (χ1) is 17.6. The Morgan fingerprint density at radius 2 is 1.86 bits per heavy atom. The number of nitrogens with one attached hydrogen (secondary N) is 2. The molecule has 11 heteroatoms. The Bertz CT molecular complexity index is 1770. The van der Waals surface area contributed by atoms with Gasteiger partial charge in [0.25, 0.3) is 11.5 Å². The summed E-state index contributed by atoms with van der Waals surface area (Å²) in [5, 5.41) is 12.7. The number of benzene rings is 2. The lowest BCUT2D eigenvalue weighted by atomic mass is 10.2. The van der Waals surface area contributed by atoms with Crippen molar-refractivity contribution in [3.63, 3.8) is 0 Å². The average Bonchev–Trinajstić information content (AvgIpc) is 3.65. The van der Waals surface area contributed by atoms with Gasteiger partial charge in [0.1, 0.15) is 11.1 Å². The maximum Gasteiger partial charge on any atom is 0.276 e. The molecule has 10 nitrogen and oxygen atoms in total. The van der Waals surface area contributed by atoms with Crippen LogP contribution in [-0.2, 0) is 0 Å². The Morgan fingerprint density at radius 1 is 1.03 bits per heavy atom. The fourth-order valence-electron chi connectivity index (χ4n) is 3.85. The second-order valence-corrected chi connectivity index (χ2v) is 8.21. The van der Waals surface area contributed by atoms with E-state index in [1.807, 2.05) is 0 Å². The van der Waals surface area contributed by atoms with E-state index in [9.17, 15) is 9.59 Å². The van der Waals surface area contributed by atoms with Gasteiger partial charge >= 0.3 is 0 Å². The highest BCUT2D eigenvalue weighted by molar-refractivity contribution is 6.30. The number of amides is 1. The van der Waals surface area contributed by atoms with E-state index in [2.05, 4.69) is 25.5 Å². The Kier molecular flexibility index (Phi) is 5.20. The van der Waals surface area contributed by atoms with Crippen molar-refractivity contribution in [1.82, 2.24) is 29.5 Å². The zero-order valence-corrected chi connectivity index (χ0v) is 19.2. The van der Waals surface area contributed by atoms with Gasteiger partial charge in [0.2, 0.25) is 0 Å². The molecule has 36 heavy (non-hydrogen) atoms. The fraction of sp³-hybridized carbons (Fsp3) is 0. The molecule has 2 N–H and O–H groups in total. The predicted molar refractivity (Wildman–Crippen MR) is 134 cm³/mol. The van der Waals surface area contributed by atoms with Gasteiger partial charge in [-0.1, -0.05) is 23.7 Å². The second-order valence-electron chi connectivity index (χ2n) is 7.78. The van der Waals surface area contributed by atoms with E-state index in [1.54, 1.807) is 77.7 Å². The van der Waals surface area contributed by atoms with E-state index in [0.717, 1.165) is 0 Å². The van der Waals surface area contributed by atoms with Crippen LogP contribution in [0.4, 0.5) is 5.69 Å². The first-order valence-corrected chi connectivity index (χ1v) is 11.2. The van der Waals surface area contributed by atoms with Crippen LogP contribution < -0.4 is 10.9 Å². The second kappa shape index (κ2) is 8.67. The molecule has 0 aliphatic rings. The molecule has 4 heterocycles. The molecule has 0 spiro atoms. The number of anilines is 1. The van der Waals surface area contributed by atoms with Gasteiger partial charge in [-0.25, -0.2) is 14.3 Å². The molecule has 0 bridgehead atoms. The number of rotatable bonds is 5. The minimum absolute atomic E-state index is 0.172. The molecule has 6 aromatic rings. The number of halogens is 1. The number of fused-ring (bicyclic) bond motifs is 1. The number of carbonyl (C=O) groups excluding carboxylic acids is 1. The van der Waals surface area contributed by atoms with Gasteiger partial charge in [0.05, 0.1) is 35.8 Å². The number of aromatic nitrogens is 6. The van der Waals surface area contributed by atoms with Crippen LogP contribution in [-0.4, -0.2) is 35.4 Å². The first-order valence-electron chi connectivity index (χ1n) is 10.8. The number of para-hydroxylation sites is 2. The SMILES string of the molecule is O=C(Nc1ccccc1-n1ncc2c(=O)[nH]cnc21)c1cc(-c2ccco2)n(-c2ccc(Cl)cc2)n1. The normalized spacial score (nSPS) is 11.1. The average molecular weight is 498 g/mol. The highest BCUT2D eigenvalue weighted by Crippen LogP contribution is 2.27. The Hall–Kier alpha value is -4.96. The summed E-state index contributed by atoms with van der Waals surface area (Å²) in [6.45, 7) is 0. The molecule has 0 saturated heterocycles. The number of furan rings is 1. The zero-order chi connectivity index (χ0) is 24.6. The summed E-state index contributed by atoms with van der Waals surface area (Å²) in [4.78, 5) is 32.2. The summed E-state index contributed by atoms with van der Waals surface area (Å²) in [5.41, 5.74) is 2.56. The van der Waals surface area contributed by atoms with Crippen molar-refractivity contribution in [2.75, 3.05) is 5.32 Å². The molecule has 176 valence electrons. The molecule has 1 amide bonds. The molecular weight excluding hydrogens is 482 g/mol. The zero-order valence-electron chi connectivity index (χ0n) is 18.4. The molecule has 0 saturated carbocycles. The lowest BCUT2D eigenvalue weighted by Crippen LogP contribution is -2.15. The fourth-order valence-corrected chi connectivity index (χ4v) is 3.98. The van der Waals surface area contributed by atoms with E-state index >= 15 is 0 Å². The van der Waals surface area contributed by atoms with Crippen molar-refractivity contribution >= 4 is 34.2 Å². The highest BCUT2D eigenvalue weighted by atomic mass is 35.5. The van der Waals surface area contributed by atoms with E-state index in [1.165, 1.54) is 17.2 Å². The number of carbonyl (C=O) groups is 1. The van der Waals surface area contributed by atoms with Crippen molar-refractivity contribution < 1.29 is 9.21 Å². The van der Waals surface area contributed by atoms with E-state index in [-0.39, 0.29) is 11.3 Å². The summed E-state index contributed by atoms with van der Waals surface area (Å²) in [6, 6.07) is 19.4.